The molecule has 168 valence electrons. The number of hydrogen-bond donors (Lipinski definition) is 4. The molecule has 1 unspecified atom stereocenters. The highest BCUT2D eigenvalue weighted by molar-refractivity contribution is 6.08. The molecule has 4 N–H and O–H groups in total. The molecule has 2 aromatic heterocycles. The van der Waals surface area contributed by atoms with Gasteiger partial charge in [0.25, 0.3) is 0 Å². The summed E-state index contributed by atoms with van der Waals surface area (Å²) >= 11 is 0. The van der Waals surface area contributed by atoms with Gasteiger partial charge in [0.15, 0.2) is 5.82 Å². The van der Waals surface area contributed by atoms with Crippen LogP contribution in [-0.4, -0.2) is 41.4 Å². The fraction of sp³-hybridized carbons (Fsp3) is 0.333. The number of methoxy groups -OCH3 is 1. The molecule has 32 heavy (non-hydrogen) atoms. The Morgan fingerprint density at radius 2 is 1.97 bits per heavy atom. The van der Waals surface area contributed by atoms with Gasteiger partial charge in [-0.3, -0.25) is 0 Å². The summed E-state index contributed by atoms with van der Waals surface area (Å²) in [6, 6.07) is 7.78. The first-order valence-corrected chi connectivity index (χ1v) is 10.5. The Kier molecular flexibility index (Phi) is 6.92. The van der Waals surface area contributed by atoms with Gasteiger partial charge in [-0.15, -0.1) is 0 Å². The first kappa shape index (κ1) is 23.0. The third-order valence-electron chi connectivity index (χ3n) is 5.39. The molecule has 1 atom stereocenters. The number of nitrogens with zero attached hydrogens (tertiary/aromatic N) is 3. The number of fused-ring (bicyclic) bond motifs is 1. The lowest BCUT2D eigenvalue weighted by Crippen LogP contribution is -2.31. The van der Waals surface area contributed by atoms with E-state index in [0.29, 0.717) is 11.7 Å². The highest BCUT2D eigenvalue weighted by Gasteiger charge is 2.21. The van der Waals surface area contributed by atoms with Crippen molar-refractivity contribution in [1.82, 2.24) is 20.3 Å². The molecule has 3 aromatic rings. The third-order valence-corrected chi connectivity index (χ3v) is 5.39. The van der Waals surface area contributed by atoms with Crippen LogP contribution in [0, 0.1) is 10.8 Å². The molecule has 1 aromatic carbocycles. The van der Waals surface area contributed by atoms with Crippen molar-refractivity contribution in [3.05, 3.63) is 48.4 Å². The zero-order valence-corrected chi connectivity index (χ0v) is 19.4. The van der Waals surface area contributed by atoms with Crippen LogP contribution in [0.1, 0.15) is 33.3 Å². The lowest BCUT2D eigenvalue weighted by Gasteiger charge is -2.28. The van der Waals surface area contributed by atoms with Gasteiger partial charge >= 0.3 is 0 Å². The largest absolute Gasteiger partial charge is 0.495 e. The van der Waals surface area contributed by atoms with E-state index < -0.39 is 0 Å². The van der Waals surface area contributed by atoms with Crippen LogP contribution in [0.3, 0.4) is 0 Å². The van der Waals surface area contributed by atoms with Crippen LogP contribution in [0.2, 0.25) is 0 Å². The van der Waals surface area contributed by atoms with Crippen LogP contribution in [-0.2, 0) is 0 Å². The maximum Gasteiger partial charge on any atom is 0.227 e. The summed E-state index contributed by atoms with van der Waals surface area (Å²) in [5.41, 5.74) is 3.16. The minimum Gasteiger partial charge on any atom is -0.495 e. The molecule has 0 fully saturated rings. The predicted molar refractivity (Wildman–Crippen MR) is 132 cm³/mol. The summed E-state index contributed by atoms with van der Waals surface area (Å²) in [6.07, 6.45) is 6.60. The number of aromatic nitrogens is 3. The average Bonchev–Trinajstić information content (AvgIpc) is 2.77. The summed E-state index contributed by atoms with van der Waals surface area (Å²) < 4.78 is 5.57. The zero-order chi connectivity index (χ0) is 23.3. The van der Waals surface area contributed by atoms with E-state index in [1.807, 2.05) is 24.3 Å². The molecular weight excluding hydrogens is 402 g/mol. The fourth-order valence-corrected chi connectivity index (χ4v) is 3.00. The Balaban J connectivity index is 1.94. The monoisotopic (exact) mass is 433 g/mol. The molecule has 0 saturated carbocycles. The first-order chi connectivity index (χ1) is 15.3. The normalized spacial score (nSPS) is 12.9. The molecule has 0 amide bonds. The quantitative estimate of drug-likeness (QED) is 0.377. The summed E-state index contributed by atoms with van der Waals surface area (Å²) in [5.74, 6) is 1.80. The Morgan fingerprint density at radius 3 is 2.62 bits per heavy atom. The van der Waals surface area contributed by atoms with E-state index in [-0.39, 0.29) is 11.5 Å². The summed E-state index contributed by atoms with van der Waals surface area (Å²) in [6.45, 7) is 8.69. The van der Waals surface area contributed by atoms with Crippen molar-refractivity contribution in [2.45, 2.75) is 33.7 Å². The minimum atomic E-state index is 0.0736. The van der Waals surface area contributed by atoms with Crippen molar-refractivity contribution in [3.8, 4) is 5.75 Å². The van der Waals surface area contributed by atoms with Crippen molar-refractivity contribution >= 4 is 40.1 Å². The predicted octanol–water partition coefficient (Wildman–Crippen LogP) is 4.83. The number of pyridine rings is 1. The molecule has 0 spiro atoms. The van der Waals surface area contributed by atoms with E-state index in [4.69, 9.17) is 15.1 Å². The first-order valence-electron chi connectivity index (χ1n) is 10.5. The maximum absolute atomic E-state index is 7.62. The van der Waals surface area contributed by atoms with E-state index in [0.717, 1.165) is 33.5 Å². The van der Waals surface area contributed by atoms with Gasteiger partial charge in [-0.05, 0) is 36.1 Å². The van der Waals surface area contributed by atoms with Crippen LogP contribution < -0.4 is 20.7 Å². The summed E-state index contributed by atoms with van der Waals surface area (Å²) in [4.78, 5) is 13.7. The van der Waals surface area contributed by atoms with Crippen molar-refractivity contribution in [1.29, 1.82) is 5.41 Å². The maximum atomic E-state index is 7.62. The molecule has 8 nitrogen and oxygen atoms in total. The molecule has 0 saturated heterocycles. The van der Waals surface area contributed by atoms with E-state index in [9.17, 15) is 0 Å². The molecular formula is C24H31N7O. The molecule has 2 heterocycles. The van der Waals surface area contributed by atoms with Crippen LogP contribution in [0.4, 0.5) is 17.5 Å². The topological polar surface area (TPSA) is 108 Å². The van der Waals surface area contributed by atoms with Crippen LogP contribution in [0.15, 0.2) is 42.9 Å². The number of anilines is 3. The minimum absolute atomic E-state index is 0.0736. The number of benzene rings is 1. The molecule has 0 bridgehead atoms. The highest BCUT2D eigenvalue weighted by Crippen LogP contribution is 2.31. The average molecular weight is 434 g/mol. The zero-order valence-electron chi connectivity index (χ0n) is 19.4. The molecule has 8 heteroatoms. The lowest BCUT2D eigenvalue weighted by molar-refractivity contribution is 0.359. The number of allylic oxidation sites excluding steroid dienone is 1. The van der Waals surface area contributed by atoms with E-state index in [2.05, 4.69) is 53.6 Å². The highest BCUT2D eigenvalue weighted by atomic mass is 16.5. The van der Waals surface area contributed by atoms with Crippen LogP contribution in [0.5, 0.6) is 5.75 Å². The second kappa shape index (κ2) is 9.64. The summed E-state index contributed by atoms with van der Waals surface area (Å²) in [7, 11) is 3.41. The standard InChI is InChI=1S/C24H31N7O/c1-15(24(2,3)4)29-22-21-17(9-10-27-22)14-28-23(31-21)30-19-8-7-16(11-20(19)32-6)18(12-25)13-26-5/h7-15,25-26H,1-6H3,(H,27,29)(H,28,30,31)/b18-13+,25-12?. The molecule has 0 aliphatic rings. The SMILES string of the molecule is CN/C=C(\C=N)c1ccc(Nc2ncc3ccnc(NC(C)C(C)(C)C)c3n2)c(OC)c1. The van der Waals surface area contributed by atoms with Gasteiger partial charge < -0.3 is 26.1 Å². The van der Waals surface area contributed by atoms with Crippen molar-refractivity contribution in [2.24, 2.45) is 5.41 Å². The molecule has 3 rings (SSSR count). The van der Waals surface area contributed by atoms with Gasteiger partial charge in [0.2, 0.25) is 5.95 Å². The van der Waals surface area contributed by atoms with Gasteiger partial charge in [-0.2, -0.15) is 0 Å². The van der Waals surface area contributed by atoms with Gasteiger partial charge in [0.1, 0.15) is 11.3 Å². The molecule has 0 aliphatic carbocycles. The van der Waals surface area contributed by atoms with Gasteiger partial charge in [-0.1, -0.05) is 26.8 Å². The Bertz CT molecular complexity index is 1130. The van der Waals surface area contributed by atoms with Crippen molar-refractivity contribution < 1.29 is 4.74 Å². The van der Waals surface area contributed by atoms with Gasteiger partial charge in [0, 0.05) is 48.9 Å². The lowest BCUT2D eigenvalue weighted by atomic mass is 9.88. The van der Waals surface area contributed by atoms with Crippen molar-refractivity contribution in [2.75, 3.05) is 24.8 Å². The van der Waals surface area contributed by atoms with Crippen LogP contribution in [0.25, 0.3) is 16.5 Å². The van der Waals surface area contributed by atoms with Gasteiger partial charge in [0.05, 0.1) is 12.8 Å². The third kappa shape index (κ3) is 5.14. The van der Waals surface area contributed by atoms with E-state index in [1.165, 1.54) is 6.21 Å². The van der Waals surface area contributed by atoms with E-state index >= 15 is 0 Å². The van der Waals surface area contributed by atoms with Gasteiger partial charge in [-0.25, -0.2) is 15.0 Å². The second-order valence-electron chi connectivity index (χ2n) is 8.60. The van der Waals surface area contributed by atoms with Crippen LogP contribution >= 0.6 is 0 Å². The smallest absolute Gasteiger partial charge is 0.227 e. The Labute approximate surface area is 189 Å². The Hall–Kier alpha value is -3.68. The Morgan fingerprint density at radius 1 is 1.19 bits per heavy atom. The fourth-order valence-electron chi connectivity index (χ4n) is 3.00. The van der Waals surface area contributed by atoms with E-state index in [1.54, 1.807) is 32.8 Å². The molecule has 0 aliphatic heterocycles. The summed E-state index contributed by atoms with van der Waals surface area (Å²) in [5, 5.41) is 18.2. The second-order valence-corrected chi connectivity index (χ2v) is 8.60. The number of nitrogens with one attached hydrogen (secondary N) is 4. The number of hydrogen-bond acceptors (Lipinski definition) is 8. The van der Waals surface area contributed by atoms with Crippen molar-refractivity contribution in [3.63, 3.8) is 0 Å². The number of rotatable bonds is 8. The number of ether oxygens (including phenoxy) is 1. The molecule has 0 radical (unpaired) electrons.